The lowest BCUT2D eigenvalue weighted by Gasteiger charge is -2.28. The predicted octanol–water partition coefficient (Wildman–Crippen LogP) is 4.76. The van der Waals surface area contributed by atoms with E-state index in [2.05, 4.69) is 4.74 Å². The van der Waals surface area contributed by atoms with Crippen LogP contribution in [0.1, 0.15) is 11.1 Å². The summed E-state index contributed by atoms with van der Waals surface area (Å²) in [6, 6.07) is 23.4. The van der Waals surface area contributed by atoms with Crippen LogP contribution in [0.4, 0.5) is 13.2 Å². The van der Waals surface area contributed by atoms with Crippen molar-refractivity contribution in [1.29, 1.82) is 0 Å². The largest absolute Gasteiger partial charge is 0.573 e. The number of aliphatic imine (C=N–C) groups is 1. The van der Waals surface area contributed by atoms with Crippen molar-refractivity contribution in [3.8, 4) is 16.9 Å². The predicted molar refractivity (Wildman–Crippen MR) is 110 cm³/mol. The van der Waals surface area contributed by atoms with Crippen molar-refractivity contribution in [2.24, 2.45) is 10.7 Å². The van der Waals surface area contributed by atoms with Crippen LogP contribution in [-0.2, 0) is 5.54 Å². The van der Waals surface area contributed by atoms with E-state index in [0.717, 1.165) is 16.7 Å². The van der Waals surface area contributed by atoms with Crippen molar-refractivity contribution in [2.75, 3.05) is 13.6 Å². The van der Waals surface area contributed by atoms with Gasteiger partial charge in [0.25, 0.3) is 0 Å². The van der Waals surface area contributed by atoms with Gasteiger partial charge in [-0.1, -0.05) is 60.7 Å². The summed E-state index contributed by atoms with van der Waals surface area (Å²) in [6.45, 7) is 0.559. The van der Waals surface area contributed by atoms with Gasteiger partial charge in [0.2, 0.25) is 0 Å². The average molecular weight is 411 g/mol. The summed E-state index contributed by atoms with van der Waals surface area (Å²) >= 11 is 0. The summed E-state index contributed by atoms with van der Waals surface area (Å²) < 4.78 is 41.9. The number of ether oxygens (including phenoxy) is 1. The summed E-state index contributed by atoms with van der Waals surface area (Å²) in [4.78, 5) is 6.68. The van der Waals surface area contributed by atoms with Gasteiger partial charge < -0.3 is 15.4 Å². The lowest BCUT2D eigenvalue weighted by Crippen LogP contribution is -2.34. The number of alkyl halides is 3. The quantitative estimate of drug-likeness (QED) is 0.674. The topological polar surface area (TPSA) is 50.8 Å². The highest BCUT2D eigenvalue weighted by molar-refractivity contribution is 5.82. The fourth-order valence-corrected chi connectivity index (χ4v) is 3.76. The van der Waals surface area contributed by atoms with Gasteiger partial charge in [0.1, 0.15) is 11.3 Å². The molecule has 0 aliphatic carbocycles. The summed E-state index contributed by atoms with van der Waals surface area (Å²) in [7, 11) is 1.88. The average Bonchev–Trinajstić information content (AvgIpc) is 3.03. The first kappa shape index (κ1) is 19.8. The van der Waals surface area contributed by atoms with E-state index in [4.69, 9.17) is 10.7 Å². The third-order valence-corrected chi connectivity index (χ3v) is 5.15. The Hall–Kier alpha value is -3.48. The standard InChI is InChI=1S/C23H20F3N3O/c1-29-15-22(28-21(29)27,18-9-3-2-4-10-18)19-11-5-7-16(13-19)17-8-6-12-20(14-17)30-23(24,25)26/h2-14H,15H2,1H3,(H2,27,28). The van der Waals surface area contributed by atoms with E-state index in [9.17, 15) is 13.2 Å². The number of nitrogens with two attached hydrogens (primary N) is 1. The van der Waals surface area contributed by atoms with Gasteiger partial charge in [0.15, 0.2) is 5.96 Å². The van der Waals surface area contributed by atoms with E-state index >= 15 is 0 Å². The first-order valence-electron chi connectivity index (χ1n) is 9.36. The maximum absolute atomic E-state index is 12.6. The molecular formula is C23H20F3N3O. The molecule has 0 amide bonds. The Bertz CT molecular complexity index is 1080. The molecule has 1 aliphatic heterocycles. The molecule has 0 fully saturated rings. The maximum atomic E-state index is 12.6. The Morgan fingerprint density at radius 3 is 2.17 bits per heavy atom. The molecule has 3 aromatic rings. The van der Waals surface area contributed by atoms with E-state index in [1.807, 2.05) is 66.5 Å². The molecule has 4 rings (SSSR count). The van der Waals surface area contributed by atoms with Crippen LogP contribution in [0.3, 0.4) is 0 Å². The van der Waals surface area contributed by atoms with Crippen molar-refractivity contribution in [1.82, 2.24) is 4.90 Å². The van der Waals surface area contributed by atoms with E-state index in [1.54, 1.807) is 6.07 Å². The van der Waals surface area contributed by atoms with Gasteiger partial charge in [0, 0.05) is 7.05 Å². The zero-order chi connectivity index (χ0) is 21.4. The van der Waals surface area contributed by atoms with Gasteiger partial charge in [-0.2, -0.15) is 0 Å². The smallest absolute Gasteiger partial charge is 0.406 e. The molecular weight excluding hydrogens is 391 g/mol. The first-order valence-corrected chi connectivity index (χ1v) is 9.36. The number of guanidine groups is 1. The van der Waals surface area contributed by atoms with Gasteiger partial charge in [-0.15, -0.1) is 13.2 Å². The van der Waals surface area contributed by atoms with Crippen LogP contribution in [0.15, 0.2) is 83.9 Å². The highest BCUT2D eigenvalue weighted by Crippen LogP contribution is 2.39. The number of halogens is 3. The zero-order valence-corrected chi connectivity index (χ0v) is 16.2. The molecule has 1 unspecified atom stereocenters. The summed E-state index contributed by atoms with van der Waals surface area (Å²) in [5.41, 5.74) is 8.68. The van der Waals surface area contributed by atoms with Gasteiger partial charge in [-0.05, 0) is 40.5 Å². The molecule has 30 heavy (non-hydrogen) atoms. The second-order valence-electron chi connectivity index (χ2n) is 7.21. The third kappa shape index (κ3) is 3.83. The minimum absolute atomic E-state index is 0.258. The fourth-order valence-electron chi connectivity index (χ4n) is 3.76. The molecule has 1 heterocycles. The zero-order valence-electron chi connectivity index (χ0n) is 16.2. The van der Waals surface area contributed by atoms with Crippen molar-refractivity contribution >= 4 is 5.96 Å². The second-order valence-corrected chi connectivity index (χ2v) is 7.21. The van der Waals surface area contributed by atoms with E-state index in [1.165, 1.54) is 18.2 Å². The lowest BCUT2D eigenvalue weighted by molar-refractivity contribution is -0.274. The van der Waals surface area contributed by atoms with Crippen molar-refractivity contribution in [3.05, 3.63) is 90.0 Å². The van der Waals surface area contributed by atoms with Gasteiger partial charge in [0.05, 0.1) is 6.54 Å². The highest BCUT2D eigenvalue weighted by atomic mass is 19.4. The van der Waals surface area contributed by atoms with Gasteiger partial charge in [-0.25, -0.2) is 4.99 Å². The van der Waals surface area contributed by atoms with Crippen molar-refractivity contribution in [2.45, 2.75) is 11.9 Å². The van der Waals surface area contributed by atoms with Gasteiger partial charge in [-0.3, -0.25) is 0 Å². The molecule has 0 aromatic heterocycles. The molecule has 2 N–H and O–H groups in total. The molecule has 0 radical (unpaired) electrons. The summed E-state index contributed by atoms with van der Waals surface area (Å²) in [5, 5.41) is 0. The van der Waals surface area contributed by atoms with Crippen molar-refractivity contribution < 1.29 is 17.9 Å². The first-order chi connectivity index (χ1) is 14.3. The number of hydrogen-bond donors (Lipinski definition) is 1. The molecule has 4 nitrogen and oxygen atoms in total. The molecule has 0 saturated carbocycles. The highest BCUT2D eigenvalue weighted by Gasteiger charge is 2.40. The molecule has 1 atom stereocenters. The molecule has 0 saturated heterocycles. The Morgan fingerprint density at radius 1 is 0.900 bits per heavy atom. The van der Waals surface area contributed by atoms with E-state index in [-0.39, 0.29) is 5.75 Å². The van der Waals surface area contributed by atoms with Crippen LogP contribution in [0.5, 0.6) is 5.75 Å². The SMILES string of the molecule is CN1CC(c2ccccc2)(c2cccc(-c3cccc(OC(F)(F)F)c3)c2)N=C1N. The minimum atomic E-state index is -4.74. The molecule has 0 spiro atoms. The van der Waals surface area contributed by atoms with Crippen LogP contribution < -0.4 is 10.5 Å². The molecule has 7 heteroatoms. The number of benzene rings is 3. The molecule has 0 bridgehead atoms. The molecule has 154 valence electrons. The van der Waals surface area contributed by atoms with Crippen LogP contribution in [0.2, 0.25) is 0 Å². The van der Waals surface area contributed by atoms with Crippen LogP contribution >= 0.6 is 0 Å². The van der Waals surface area contributed by atoms with Crippen LogP contribution in [0.25, 0.3) is 11.1 Å². The maximum Gasteiger partial charge on any atom is 0.573 e. The number of rotatable bonds is 4. The van der Waals surface area contributed by atoms with E-state index in [0.29, 0.717) is 18.1 Å². The fraction of sp³-hybridized carbons (Fsp3) is 0.174. The Balaban J connectivity index is 1.79. The summed E-state index contributed by atoms with van der Waals surface area (Å²) in [5.74, 6) is 0.177. The molecule has 1 aliphatic rings. The lowest BCUT2D eigenvalue weighted by atomic mass is 9.82. The van der Waals surface area contributed by atoms with Gasteiger partial charge >= 0.3 is 6.36 Å². The minimum Gasteiger partial charge on any atom is -0.406 e. The normalized spacial score (nSPS) is 18.9. The van der Waals surface area contributed by atoms with E-state index < -0.39 is 11.9 Å². The molecule has 3 aromatic carbocycles. The number of likely N-dealkylation sites (N-methyl/N-ethyl adjacent to an activating group) is 1. The monoisotopic (exact) mass is 411 g/mol. The Morgan fingerprint density at radius 2 is 1.53 bits per heavy atom. The Labute approximate surface area is 172 Å². The summed E-state index contributed by atoms with van der Waals surface area (Å²) in [6.07, 6.45) is -4.74. The second kappa shape index (κ2) is 7.40. The number of hydrogen-bond acceptors (Lipinski definition) is 4. The number of nitrogens with zero attached hydrogens (tertiary/aromatic N) is 2. The third-order valence-electron chi connectivity index (χ3n) is 5.15. The van der Waals surface area contributed by atoms with Crippen LogP contribution in [-0.4, -0.2) is 30.8 Å². The Kier molecular flexibility index (Phi) is 4.89. The van der Waals surface area contributed by atoms with Crippen molar-refractivity contribution in [3.63, 3.8) is 0 Å². The van der Waals surface area contributed by atoms with Crippen LogP contribution in [0, 0.1) is 0 Å².